The second kappa shape index (κ2) is 11.4. The highest BCUT2D eigenvalue weighted by atomic mass is 15.0. The van der Waals surface area contributed by atoms with Crippen LogP contribution >= 0.6 is 0 Å². The Morgan fingerprint density at radius 3 is 1.72 bits per heavy atom. The van der Waals surface area contributed by atoms with Crippen molar-refractivity contribution in [2.24, 2.45) is 0 Å². The average molecular weight is 636 g/mol. The molecule has 2 aromatic heterocycles. The molecule has 5 nitrogen and oxygen atoms in total. The number of nitriles is 3. The zero-order valence-corrected chi connectivity index (χ0v) is 26.7. The summed E-state index contributed by atoms with van der Waals surface area (Å²) in [5, 5.41) is 34.0. The first kappa shape index (κ1) is 28.8. The van der Waals surface area contributed by atoms with E-state index in [9.17, 15) is 15.8 Å². The number of hydrogen-bond acceptors (Lipinski definition) is 3. The fourth-order valence-corrected chi connectivity index (χ4v) is 7.40. The molecule has 0 radical (unpaired) electrons. The molecule has 0 spiro atoms. The summed E-state index contributed by atoms with van der Waals surface area (Å²) in [7, 11) is 0. The third kappa shape index (κ3) is 4.38. The van der Waals surface area contributed by atoms with Crippen molar-refractivity contribution in [3.63, 3.8) is 0 Å². The SMILES string of the molecule is N#Cc1ccc2c(c1)c1ccc(C#N)cc1n2-c1cccc(-c2cccc(-c3cccc(C#N)c3-n3c4ccccc4c4ccccc43)c2)c1. The van der Waals surface area contributed by atoms with E-state index in [0.717, 1.165) is 77.2 Å². The van der Waals surface area contributed by atoms with E-state index in [1.165, 1.54) is 0 Å². The topological polar surface area (TPSA) is 81.2 Å². The van der Waals surface area contributed by atoms with Crippen molar-refractivity contribution in [2.75, 3.05) is 0 Å². The van der Waals surface area contributed by atoms with Crippen LogP contribution in [0.3, 0.4) is 0 Å². The summed E-state index contributed by atoms with van der Waals surface area (Å²) < 4.78 is 4.39. The first-order valence-electron chi connectivity index (χ1n) is 16.3. The Bertz CT molecular complexity index is 2920. The molecule has 0 aliphatic rings. The maximum atomic E-state index is 10.4. The van der Waals surface area contributed by atoms with Crippen LogP contribution in [0.2, 0.25) is 0 Å². The number of hydrogen-bond donors (Lipinski definition) is 0. The van der Waals surface area contributed by atoms with Crippen LogP contribution < -0.4 is 0 Å². The predicted octanol–water partition coefficient (Wildman–Crippen LogP) is 10.8. The molecular formula is C45H25N5. The van der Waals surface area contributed by atoms with Crippen LogP contribution in [-0.2, 0) is 0 Å². The number of nitrogens with zero attached hydrogens (tertiary/aromatic N) is 5. The molecule has 5 heteroatoms. The molecule has 0 amide bonds. The highest BCUT2D eigenvalue weighted by Gasteiger charge is 2.19. The van der Waals surface area contributed by atoms with Gasteiger partial charge in [0, 0.05) is 32.8 Å². The number of rotatable bonds is 4. The van der Waals surface area contributed by atoms with Gasteiger partial charge in [0.1, 0.15) is 6.07 Å². The van der Waals surface area contributed by atoms with Crippen LogP contribution in [0.4, 0.5) is 0 Å². The molecule has 2 heterocycles. The van der Waals surface area contributed by atoms with Gasteiger partial charge in [0.25, 0.3) is 0 Å². The second-order valence-electron chi connectivity index (χ2n) is 12.3. The van der Waals surface area contributed by atoms with Crippen molar-refractivity contribution < 1.29 is 0 Å². The van der Waals surface area contributed by atoms with E-state index < -0.39 is 0 Å². The molecule has 9 rings (SSSR count). The van der Waals surface area contributed by atoms with Gasteiger partial charge in [0.15, 0.2) is 0 Å². The molecular weight excluding hydrogens is 611 g/mol. The monoisotopic (exact) mass is 635 g/mol. The Labute approximate surface area is 287 Å². The molecule has 9 aromatic rings. The van der Waals surface area contributed by atoms with E-state index in [2.05, 4.69) is 112 Å². The van der Waals surface area contributed by atoms with Crippen LogP contribution in [0.25, 0.3) is 77.2 Å². The highest BCUT2D eigenvalue weighted by molar-refractivity contribution is 6.11. The normalized spacial score (nSPS) is 11.1. The predicted molar refractivity (Wildman–Crippen MR) is 200 cm³/mol. The largest absolute Gasteiger partial charge is 0.309 e. The minimum atomic E-state index is 0.574. The van der Waals surface area contributed by atoms with Crippen molar-refractivity contribution in [1.82, 2.24) is 9.13 Å². The molecule has 7 aromatic carbocycles. The van der Waals surface area contributed by atoms with Gasteiger partial charge in [-0.2, -0.15) is 15.8 Å². The fourth-order valence-electron chi connectivity index (χ4n) is 7.40. The molecule has 0 N–H and O–H groups in total. The minimum Gasteiger partial charge on any atom is -0.309 e. The fraction of sp³-hybridized carbons (Fsp3) is 0. The third-order valence-electron chi connectivity index (χ3n) is 9.60. The van der Waals surface area contributed by atoms with E-state index in [-0.39, 0.29) is 0 Å². The molecule has 0 atom stereocenters. The van der Waals surface area contributed by atoms with Gasteiger partial charge >= 0.3 is 0 Å². The van der Waals surface area contributed by atoms with E-state index in [4.69, 9.17) is 0 Å². The van der Waals surface area contributed by atoms with E-state index in [1.807, 2.05) is 66.7 Å². The van der Waals surface area contributed by atoms with Gasteiger partial charge in [-0.1, -0.05) is 84.9 Å². The standard InChI is InChI=1S/C45H25N5/c46-26-29-19-21-43-40(22-29)39-20-18-30(27-47)23-44(39)49(43)35-12-6-9-32(25-35)31-8-5-10-33(24-31)36-15-7-11-34(28-48)45(36)50-41-16-3-1-13-37(41)38-14-2-4-17-42(38)50/h1-25H. The number of fused-ring (bicyclic) bond motifs is 6. The Hall–Kier alpha value is -7.39. The maximum absolute atomic E-state index is 10.4. The van der Waals surface area contributed by atoms with E-state index in [0.29, 0.717) is 16.7 Å². The van der Waals surface area contributed by atoms with Crippen LogP contribution in [0, 0.1) is 34.0 Å². The summed E-state index contributed by atoms with van der Waals surface area (Å²) in [4.78, 5) is 0. The second-order valence-corrected chi connectivity index (χ2v) is 12.3. The molecule has 0 unspecified atom stereocenters. The van der Waals surface area contributed by atoms with Crippen LogP contribution in [0.5, 0.6) is 0 Å². The van der Waals surface area contributed by atoms with Crippen LogP contribution in [0.1, 0.15) is 16.7 Å². The van der Waals surface area contributed by atoms with Crippen molar-refractivity contribution in [3.8, 4) is 51.8 Å². The van der Waals surface area contributed by atoms with Crippen molar-refractivity contribution in [2.45, 2.75) is 0 Å². The molecule has 0 aliphatic heterocycles. The van der Waals surface area contributed by atoms with Gasteiger partial charge in [-0.15, -0.1) is 0 Å². The summed E-state index contributed by atoms with van der Waals surface area (Å²) in [5.74, 6) is 0. The highest BCUT2D eigenvalue weighted by Crippen LogP contribution is 2.39. The Morgan fingerprint density at radius 1 is 0.380 bits per heavy atom. The molecule has 50 heavy (non-hydrogen) atoms. The van der Waals surface area contributed by atoms with E-state index in [1.54, 1.807) is 0 Å². The molecule has 0 aliphatic carbocycles. The van der Waals surface area contributed by atoms with Gasteiger partial charge in [0.05, 0.1) is 56.6 Å². The molecule has 230 valence electrons. The smallest absolute Gasteiger partial charge is 0.101 e. The van der Waals surface area contributed by atoms with Gasteiger partial charge in [-0.05, 0) is 83.4 Å². The van der Waals surface area contributed by atoms with Gasteiger partial charge in [-0.3, -0.25) is 0 Å². The maximum Gasteiger partial charge on any atom is 0.101 e. The third-order valence-corrected chi connectivity index (χ3v) is 9.60. The number of benzene rings is 7. The van der Waals surface area contributed by atoms with Crippen LogP contribution in [0.15, 0.2) is 152 Å². The Balaban J connectivity index is 1.23. The van der Waals surface area contributed by atoms with Gasteiger partial charge < -0.3 is 9.13 Å². The Kier molecular flexibility index (Phi) is 6.56. The lowest BCUT2D eigenvalue weighted by atomic mass is 9.96. The zero-order valence-electron chi connectivity index (χ0n) is 26.7. The van der Waals surface area contributed by atoms with E-state index >= 15 is 0 Å². The average Bonchev–Trinajstić information content (AvgIpc) is 3.69. The number of para-hydroxylation sites is 3. The molecule has 0 saturated heterocycles. The van der Waals surface area contributed by atoms with Gasteiger partial charge in [0.2, 0.25) is 0 Å². The lowest BCUT2D eigenvalue weighted by Crippen LogP contribution is -2.01. The first-order valence-corrected chi connectivity index (χ1v) is 16.3. The molecule has 0 fully saturated rings. The lowest BCUT2D eigenvalue weighted by Gasteiger charge is -2.16. The van der Waals surface area contributed by atoms with Crippen molar-refractivity contribution >= 4 is 43.6 Å². The first-order chi connectivity index (χ1) is 24.7. The molecule has 0 bridgehead atoms. The molecule has 0 saturated carbocycles. The van der Waals surface area contributed by atoms with Crippen molar-refractivity contribution in [1.29, 1.82) is 15.8 Å². The summed E-state index contributed by atoms with van der Waals surface area (Å²) in [6.07, 6.45) is 0. The zero-order chi connectivity index (χ0) is 33.8. The minimum absolute atomic E-state index is 0.574. The summed E-state index contributed by atoms with van der Waals surface area (Å²) in [6.45, 7) is 0. The lowest BCUT2D eigenvalue weighted by molar-refractivity contribution is 1.17. The summed E-state index contributed by atoms with van der Waals surface area (Å²) in [6, 6.07) is 57.9. The van der Waals surface area contributed by atoms with Crippen molar-refractivity contribution in [3.05, 3.63) is 168 Å². The Morgan fingerprint density at radius 2 is 0.980 bits per heavy atom. The van der Waals surface area contributed by atoms with Gasteiger partial charge in [-0.25, -0.2) is 0 Å². The quantitative estimate of drug-likeness (QED) is 0.193. The number of aromatic nitrogens is 2. The summed E-state index contributed by atoms with van der Waals surface area (Å²) >= 11 is 0. The van der Waals surface area contributed by atoms with Crippen LogP contribution in [-0.4, -0.2) is 9.13 Å². The summed E-state index contributed by atoms with van der Waals surface area (Å²) in [5.41, 5.74) is 11.6.